The first-order valence-electron chi connectivity index (χ1n) is 9.30. The minimum Gasteiger partial charge on any atom is -0.211 e. The van der Waals surface area contributed by atoms with Gasteiger partial charge in [0.1, 0.15) is 0 Å². The van der Waals surface area contributed by atoms with Gasteiger partial charge in [0.15, 0.2) is 5.82 Å². The summed E-state index contributed by atoms with van der Waals surface area (Å²) in [4.78, 5) is 5.73. The van der Waals surface area contributed by atoms with Crippen molar-refractivity contribution in [1.82, 2.24) is 19.3 Å². The minimum atomic E-state index is -3.55. The lowest BCUT2D eigenvalue weighted by molar-refractivity contribution is 0.580. The van der Waals surface area contributed by atoms with Crippen molar-refractivity contribution in [3.63, 3.8) is 0 Å². The Morgan fingerprint density at radius 2 is 1.86 bits per heavy atom. The number of aryl methyl sites for hydroxylation is 3. The van der Waals surface area contributed by atoms with E-state index >= 15 is 0 Å². The molecule has 0 atom stereocenters. The zero-order chi connectivity index (χ0) is 20.6. The van der Waals surface area contributed by atoms with Crippen LogP contribution >= 0.6 is 11.3 Å². The molecular weight excluding hydrogens is 404 g/mol. The van der Waals surface area contributed by atoms with Crippen LogP contribution in [-0.2, 0) is 16.4 Å². The van der Waals surface area contributed by atoms with Crippen molar-refractivity contribution in [2.75, 3.05) is 6.54 Å². The third kappa shape index (κ3) is 4.10. The van der Waals surface area contributed by atoms with Crippen LogP contribution in [0.15, 0.2) is 52.7 Å². The lowest BCUT2D eigenvalue weighted by Gasteiger charge is -2.10. The molecule has 0 amide bonds. The molecule has 0 aliphatic heterocycles. The van der Waals surface area contributed by atoms with Crippen molar-refractivity contribution >= 4 is 26.3 Å². The molecule has 2 aromatic carbocycles. The highest BCUT2D eigenvalue weighted by atomic mass is 32.2. The second kappa shape index (κ2) is 7.70. The molecule has 0 radical (unpaired) electrons. The lowest BCUT2D eigenvalue weighted by atomic mass is 10.1. The fourth-order valence-corrected chi connectivity index (χ4v) is 5.41. The van der Waals surface area contributed by atoms with Gasteiger partial charge in [0, 0.05) is 23.9 Å². The van der Waals surface area contributed by atoms with Gasteiger partial charge in [-0.15, -0.1) is 16.4 Å². The van der Waals surface area contributed by atoms with E-state index in [4.69, 9.17) is 0 Å². The lowest BCUT2D eigenvalue weighted by Crippen LogP contribution is -2.27. The maximum Gasteiger partial charge on any atom is 0.240 e. The molecule has 0 saturated heterocycles. The van der Waals surface area contributed by atoms with E-state index < -0.39 is 10.0 Å². The van der Waals surface area contributed by atoms with Gasteiger partial charge in [-0.25, -0.2) is 17.7 Å². The highest BCUT2D eigenvalue weighted by molar-refractivity contribution is 7.89. The Morgan fingerprint density at radius 3 is 2.66 bits per heavy atom. The summed E-state index contributed by atoms with van der Waals surface area (Å²) < 4.78 is 29.9. The number of nitrogens with one attached hydrogen (secondary N) is 1. The summed E-state index contributed by atoms with van der Waals surface area (Å²) in [5.74, 6) is 0.678. The van der Waals surface area contributed by atoms with Crippen molar-refractivity contribution in [2.45, 2.75) is 32.1 Å². The van der Waals surface area contributed by atoms with E-state index in [1.807, 2.05) is 49.6 Å². The van der Waals surface area contributed by atoms with Crippen molar-refractivity contribution < 1.29 is 8.42 Å². The molecule has 0 aliphatic carbocycles. The van der Waals surface area contributed by atoms with Crippen molar-refractivity contribution in [3.05, 3.63) is 70.2 Å². The van der Waals surface area contributed by atoms with Crippen LogP contribution in [0.4, 0.5) is 0 Å². The molecule has 8 heteroatoms. The summed E-state index contributed by atoms with van der Waals surface area (Å²) in [5.41, 5.74) is 4.71. The number of aromatic nitrogens is 3. The molecular formula is C21H22N4O2S2. The third-order valence-electron chi connectivity index (χ3n) is 4.73. The number of sulfonamides is 1. The maximum absolute atomic E-state index is 12.7. The van der Waals surface area contributed by atoms with E-state index in [-0.39, 0.29) is 0 Å². The first kappa shape index (κ1) is 19.8. The van der Waals surface area contributed by atoms with Crippen molar-refractivity contribution in [1.29, 1.82) is 0 Å². The molecule has 150 valence electrons. The zero-order valence-electron chi connectivity index (χ0n) is 16.5. The SMILES string of the molecule is Cc1cccc(-c2nc3scc(CCNS(=O)(=O)c4cc(C)ccc4C)n3n2)c1. The fraction of sp³-hybridized carbons (Fsp3) is 0.238. The molecule has 0 fully saturated rings. The molecule has 2 aromatic heterocycles. The number of hydrogen-bond acceptors (Lipinski definition) is 5. The van der Waals surface area contributed by atoms with E-state index in [1.165, 1.54) is 11.3 Å². The molecule has 0 bridgehead atoms. The van der Waals surface area contributed by atoms with Gasteiger partial charge in [0.2, 0.25) is 15.0 Å². The van der Waals surface area contributed by atoms with Crippen LogP contribution in [0.1, 0.15) is 22.4 Å². The molecule has 0 unspecified atom stereocenters. The first-order chi connectivity index (χ1) is 13.8. The number of benzene rings is 2. The summed E-state index contributed by atoms with van der Waals surface area (Å²) in [6.07, 6.45) is 0.528. The summed E-state index contributed by atoms with van der Waals surface area (Å²) in [6, 6.07) is 13.5. The summed E-state index contributed by atoms with van der Waals surface area (Å²) in [5, 5.41) is 6.60. The molecule has 6 nitrogen and oxygen atoms in total. The van der Waals surface area contributed by atoms with Gasteiger partial charge in [-0.3, -0.25) is 0 Å². The van der Waals surface area contributed by atoms with Gasteiger partial charge >= 0.3 is 0 Å². The average Bonchev–Trinajstić information content (AvgIpc) is 3.25. The Morgan fingerprint density at radius 1 is 1.07 bits per heavy atom. The largest absolute Gasteiger partial charge is 0.240 e. The number of nitrogens with zero attached hydrogens (tertiary/aromatic N) is 3. The van der Waals surface area contributed by atoms with E-state index in [0.29, 0.717) is 23.7 Å². The van der Waals surface area contributed by atoms with E-state index in [0.717, 1.165) is 32.9 Å². The maximum atomic E-state index is 12.7. The molecule has 0 saturated carbocycles. The van der Waals surface area contributed by atoms with Gasteiger partial charge in [-0.05, 0) is 44.0 Å². The Kier molecular flexibility index (Phi) is 5.24. The number of rotatable bonds is 6. The number of fused-ring (bicyclic) bond motifs is 1. The number of hydrogen-bond donors (Lipinski definition) is 1. The van der Waals surface area contributed by atoms with Crippen LogP contribution in [-0.4, -0.2) is 29.6 Å². The van der Waals surface area contributed by atoms with Gasteiger partial charge < -0.3 is 0 Å². The predicted octanol–water partition coefficient (Wildman–Crippen LogP) is 3.90. The predicted molar refractivity (Wildman–Crippen MR) is 116 cm³/mol. The summed E-state index contributed by atoms with van der Waals surface area (Å²) in [6.45, 7) is 6.02. The normalized spacial score (nSPS) is 12.0. The van der Waals surface area contributed by atoms with Crippen LogP contribution in [0.2, 0.25) is 0 Å². The van der Waals surface area contributed by atoms with Crippen molar-refractivity contribution in [2.24, 2.45) is 0 Å². The Bertz CT molecular complexity index is 1290. The molecule has 4 aromatic rings. The molecule has 2 heterocycles. The molecule has 0 aliphatic rings. The van der Waals surface area contributed by atoms with Gasteiger partial charge in [0.25, 0.3) is 0 Å². The minimum absolute atomic E-state index is 0.293. The van der Waals surface area contributed by atoms with Gasteiger partial charge in [0.05, 0.1) is 10.6 Å². The second-order valence-electron chi connectivity index (χ2n) is 7.14. The van der Waals surface area contributed by atoms with E-state index in [9.17, 15) is 8.42 Å². The van der Waals surface area contributed by atoms with Crippen LogP contribution in [0.25, 0.3) is 16.3 Å². The standard InChI is InChI=1S/C21H22N4O2S2/c1-14-5-4-6-17(11-14)20-23-21-25(24-20)18(13-28-21)9-10-22-29(26,27)19-12-15(2)7-8-16(19)3/h4-8,11-13,22H,9-10H2,1-3H3. The van der Waals surface area contributed by atoms with Crippen LogP contribution in [0.5, 0.6) is 0 Å². The van der Waals surface area contributed by atoms with Crippen LogP contribution in [0.3, 0.4) is 0 Å². The Labute approximate surface area is 174 Å². The molecule has 29 heavy (non-hydrogen) atoms. The Balaban J connectivity index is 1.51. The monoisotopic (exact) mass is 426 g/mol. The van der Waals surface area contributed by atoms with Crippen LogP contribution in [0, 0.1) is 20.8 Å². The zero-order valence-corrected chi connectivity index (χ0v) is 18.1. The average molecular weight is 427 g/mol. The van der Waals surface area contributed by atoms with Crippen LogP contribution < -0.4 is 4.72 Å². The van der Waals surface area contributed by atoms with Crippen molar-refractivity contribution in [3.8, 4) is 11.4 Å². The molecule has 0 spiro atoms. The number of thiazole rings is 1. The first-order valence-corrected chi connectivity index (χ1v) is 11.7. The Hall–Kier alpha value is -2.55. The highest BCUT2D eigenvalue weighted by Gasteiger charge is 2.17. The third-order valence-corrected chi connectivity index (χ3v) is 7.20. The fourth-order valence-electron chi connectivity index (χ4n) is 3.19. The topological polar surface area (TPSA) is 76.4 Å². The summed E-state index contributed by atoms with van der Waals surface area (Å²) >= 11 is 1.50. The molecule has 1 N–H and O–H groups in total. The van der Waals surface area contributed by atoms with E-state index in [1.54, 1.807) is 17.5 Å². The van der Waals surface area contributed by atoms with E-state index in [2.05, 4.69) is 20.9 Å². The summed E-state index contributed by atoms with van der Waals surface area (Å²) in [7, 11) is -3.55. The molecule has 4 rings (SSSR count). The smallest absolute Gasteiger partial charge is 0.211 e. The highest BCUT2D eigenvalue weighted by Crippen LogP contribution is 2.22. The van der Waals surface area contributed by atoms with Gasteiger partial charge in [-0.2, -0.15) is 4.98 Å². The van der Waals surface area contributed by atoms with Gasteiger partial charge in [-0.1, -0.05) is 35.9 Å². The quantitative estimate of drug-likeness (QED) is 0.507. The second-order valence-corrected chi connectivity index (χ2v) is 9.71.